The number of rotatable bonds is 9. The van der Waals surface area contributed by atoms with Crippen LogP contribution in [0.15, 0.2) is 110 Å². The molecule has 0 aliphatic rings. The number of ether oxygens (including phenoxy) is 1. The standard InChI is InChI=1S/C29H24N4O3/c34-29(35)26-15-16-30-18-27(26)31-17-23-19-33(24-9-5-2-6-10-24)32-28(23)22-11-13-25(14-12-22)36-20-21-7-3-1-4-8-21/h1-16,18-19,31H,17,20H2,(H,34,35). The number of carboxylic acids is 1. The van der Waals surface area contributed by atoms with E-state index < -0.39 is 5.97 Å². The van der Waals surface area contributed by atoms with Crippen LogP contribution >= 0.6 is 0 Å². The Labute approximate surface area is 208 Å². The van der Waals surface area contributed by atoms with Crippen molar-refractivity contribution in [2.24, 2.45) is 0 Å². The first kappa shape index (κ1) is 22.9. The molecular weight excluding hydrogens is 452 g/mol. The molecule has 0 aliphatic carbocycles. The van der Waals surface area contributed by atoms with E-state index in [9.17, 15) is 9.90 Å². The summed E-state index contributed by atoms with van der Waals surface area (Å²) in [5, 5.41) is 17.6. The Morgan fingerprint density at radius 2 is 1.64 bits per heavy atom. The minimum absolute atomic E-state index is 0.168. The van der Waals surface area contributed by atoms with Gasteiger partial charge in [-0.3, -0.25) is 4.98 Å². The van der Waals surface area contributed by atoms with E-state index >= 15 is 0 Å². The second kappa shape index (κ2) is 10.6. The molecule has 0 aliphatic heterocycles. The number of aromatic carboxylic acids is 1. The van der Waals surface area contributed by atoms with Gasteiger partial charge in [-0.1, -0.05) is 48.5 Å². The van der Waals surface area contributed by atoms with E-state index in [1.165, 1.54) is 18.5 Å². The van der Waals surface area contributed by atoms with Gasteiger partial charge in [0.15, 0.2) is 0 Å². The quantitative estimate of drug-likeness (QED) is 0.279. The second-order valence-corrected chi connectivity index (χ2v) is 8.16. The monoisotopic (exact) mass is 476 g/mol. The molecule has 5 rings (SSSR count). The highest BCUT2D eigenvalue weighted by Gasteiger charge is 2.15. The zero-order valence-corrected chi connectivity index (χ0v) is 19.4. The smallest absolute Gasteiger partial charge is 0.337 e. The number of nitrogens with zero attached hydrogens (tertiary/aromatic N) is 3. The minimum Gasteiger partial charge on any atom is -0.489 e. The van der Waals surface area contributed by atoms with Crippen LogP contribution in [-0.4, -0.2) is 25.8 Å². The van der Waals surface area contributed by atoms with E-state index in [-0.39, 0.29) is 5.56 Å². The lowest BCUT2D eigenvalue weighted by molar-refractivity contribution is 0.0697. The normalized spacial score (nSPS) is 10.7. The third-order valence-electron chi connectivity index (χ3n) is 5.71. The molecular formula is C29H24N4O3. The Morgan fingerprint density at radius 3 is 2.36 bits per heavy atom. The predicted octanol–water partition coefficient (Wildman–Crippen LogP) is 5.82. The highest BCUT2D eigenvalue weighted by Crippen LogP contribution is 2.27. The number of hydrogen-bond acceptors (Lipinski definition) is 5. The molecule has 7 heteroatoms. The number of hydrogen-bond donors (Lipinski definition) is 2. The average Bonchev–Trinajstić information content (AvgIpc) is 3.36. The van der Waals surface area contributed by atoms with E-state index in [1.807, 2.05) is 95.8 Å². The Morgan fingerprint density at radius 1 is 0.917 bits per heavy atom. The molecule has 2 heterocycles. The Kier molecular flexibility index (Phi) is 6.71. The fraction of sp³-hybridized carbons (Fsp3) is 0.0690. The van der Waals surface area contributed by atoms with Crippen LogP contribution in [0.3, 0.4) is 0 Å². The van der Waals surface area contributed by atoms with Gasteiger partial charge in [0.25, 0.3) is 0 Å². The topological polar surface area (TPSA) is 89.3 Å². The van der Waals surface area contributed by atoms with Crippen molar-refractivity contribution in [1.29, 1.82) is 0 Å². The maximum atomic E-state index is 11.6. The number of nitrogens with one attached hydrogen (secondary N) is 1. The lowest BCUT2D eigenvalue weighted by Crippen LogP contribution is -2.07. The van der Waals surface area contributed by atoms with Crippen molar-refractivity contribution in [1.82, 2.24) is 14.8 Å². The summed E-state index contributed by atoms with van der Waals surface area (Å²) in [4.78, 5) is 15.7. The number of anilines is 1. The molecule has 36 heavy (non-hydrogen) atoms. The van der Waals surface area contributed by atoms with Gasteiger partial charge in [0, 0.05) is 30.1 Å². The van der Waals surface area contributed by atoms with Crippen molar-refractivity contribution in [2.75, 3.05) is 5.32 Å². The summed E-state index contributed by atoms with van der Waals surface area (Å²) >= 11 is 0. The lowest BCUT2D eigenvalue weighted by Gasteiger charge is -2.10. The number of aromatic nitrogens is 3. The Hall–Kier alpha value is -4.91. The lowest BCUT2D eigenvalue weighted by atomic mass is 10.1. The first-order valence-electron chi connectivity index (χ1n) is 11.5. The molecule has 2 aromatic heterocycles. The van der Waals surface area contributed by atoms with E-state index in [0.29, 0.717) is 18.8 Å². The van der Waals surface area contributed by atoms with E-state index in [0.717, 1.165) is 33.8 Å². The summed E-state index contributed by atoms with van der Waals surface area (Å²) in [5.41, 5.74) is 5.29. The third-order valence-corrected chi connectivity index (χ3v) is 5.71. The van der Waals surface area contributed by atoms with Gasteiger partial charge in [0.2, 0.25) is 0 Å². The van der Waals surface area contributed by atoms with Crippen molar-refractivity contribution < 1.29 is 14.6 Å². The van der Waals surface area contributed by atoms with Crippen molar-refractivity contribution in [2.45, 2.75) is 13.2 Å². The third kappa shape index (κ3) is 5.26. The van der Waals surface area contributed by atoms with E-state index in [4.69, 9.17) is 9.84 Å². The van der Waals surface area contributed by atoms with Crippen LogP contribution < -0.4 is 10.1 Å². The second-order valence-electron chi connectivity index (χ2n) is 8.16. The van der Waals surface area contributed by atoms with E-state index in [2.05, 4.69) is 10.3 Å². The molecule has 5 aromatic rings. The fourth-order valence-electron chi connectivity index (χ4n) is 3.86. The molecule has 0 atom stereocenters. The van der Waals surface area contributed by atoms with Crippen LogP contribution in [0.4, 0.5) is 5.69 Å². The molecule has 0 saturated heterocycles. The van der Waals surface area contributed by atoms with Crippen molar-refractivity contribution in [3.05, 3.63) is 126 Å². The highest BCUT2D eigenvalue weighted by molar-refractivity contribution is 5.93. The molecule has 0 unspecified atom stereocenters. The number of para-hydroxylation sites is 1. The predicted molar refractivity (Wildman–Crippen MR) is 138 cm³/mol. The number of carboxylic acid groups (broad SMARTS) is 1. The van der Waals surface area contributed by atoms with Crippen molar-refractivity contribution >= 4 is 11.7 Å². The van der Waals surface area contributed by atoms with Crippen LogP contribution in [0.2, 0.25) is 0 Å². The zero-order chi connectivity index (χ0) is 24.7. The summed E-state index contributed by atoms with van der Waals surface area (Å²) in [7, 11) is 0. The molecule has 0 saturated carbocycles. The SMILES string of the molecule is O=C(O)c1ccncc1NCc1cn(-c2ccccc2)nc1-c1ccc(OCc2ccccc2)cc1. The van der Waals surface area contributed by atoms with Crippen molar-refractivity contribution in [3.8, 4) is 22.7 Å². The fourth-order valence-corrected chi connectivity index (χ4v) is 3.86. The molecule has 0 spiro atoms. The maximum absolute atomic E-state index is 11.6. The zero-order valence-electron chi connectivity index (χ0n) is 19.4. The van der Waals surface area contributed by atoms with Crippen LogP contribution in [0, 0.1) is 0 Å². The van der Waals surface area contributed by atoms with Crippen LogP contribution in [-0.2, 0) is 13.2 Å². The maximum Gasteiger partial charge on any atom is 0.337 e. The molecule has 0 fully saturated rings. The summed E-state index contributed by atoms with van der Waals surface area (Å²) in [6.07, 6.45) is 4.94. The van der Waals surface area contributed by atoms with Gasteiger partial charge in [0.1, 0.15) is 12.4 Å². The number of carbonyl (C=O) groups is 1. The molecule has 7 nitrogen and oxygen atoms in total. The summed E-state index contributed by atoms with van der Waals surface area (Å²) < 4.78 is 7.76. The Bertz CT molecular complexity index is 1450. The van der Waals surface area contributed by atoms with E-state index in [1.54, 1.807) is 0 Å². The first-order chi connectivity index (χ1) is 17.7. The summed E-state index contributed by atoms with van der Waals surface area (Å²) in [6.45, 7) is 0.870. The van der Waals surface area contributed by atoms with Gasteiger partial charge < -0.3 is 15.2 Å². The van der Waals surface area contributed by atoms with Gasteiger partial charge in [-0.25, -0.2) is 9.48 Å². The number of pyridine rings is 1. The van der Waals surface area contributed by atoms with Crippen LogP contribution in [0.5, 0.6) is 5.75 Å². The van der Waals surface area contributed by atoms with Gasteiger partial charge >= 0.3 is 5.97 Å². The first-order valence-corrected chi connectivity index (χ1v) is 11.5. The molecule has 3 aromatic carbocycles. The molecule has 0 radical (unpaired) electrons. The molecule has 0 amide bonds. The van der Waals surface area contributed by atoms with Crippen molar-refractivity contribution in [3.63, 3.8) is 0 Å². The highest BCUT2D eigenvalue weighted by atomic mass is 16.5. The van der Waals surface area contributed by atoms with Gasteiger partial charge in [0.05, 0.1) is 28.8 Å². The summed E-state index contributed by atoms with van der Waals surface area (Å²) in [6, 6.07) is 29.2. The minimum atomic E-state index is -1.01. The number of benzene rings is 3. The summed E-state index contributed by atoms with van der Waals surface area (Å²) in [5.74, 6) is -0.238. The molecule has 178 valence electrons. The van der Waals surface area contributed by atoms with Crippen LogP contribution in [0.1, 0.15) is 21.5 Å². The van der Waals surface area contributed by atoms with Crippen LogP contribution in [0.25, 0.3) is 16.9 Å². The van der Waals surface area contributed by atoms with Gasteiger partial charge in [-0.2, -0.15) is 5.10 Å². The Balaban J connectivity index is 1.41. The molecule has 0 bridgehead atoms. The largest absolute Gasteiger partial charge is 0.489 e. The van der Waals surface area contributed by atoms with Gasteiger partial charge in [-0.15, -0.1) is 0 Å². The average molecular weight is 477 g/mol. The van der Waals surface area contributed by atoms with Gasteiger partial charge in [-0.05, 0) is 48.0 Å². The molecule has 2 N–H and O–H groups in total.